The highest BCUT2D eigenvalue weighted by Crippen LogP contribution is 2.44. The molecule has 1 unspecified atom stereocenters. The van der Waals surface area contributed by atoms with Crippen LogP contribution in [0, 0.1) is 25.2 Å². The van der Waals surface area contributed by atoms with Crippen molar-refractivity contribution >= 4 is 43.7 Å². The van der Waals surface area contributed by atoms with Crippen LogP contribution in [-0.4, -0.2) is 17.6 Å². The summed E-state index contributed by atoms with van der Waals surface area (Å²) >= 11 is 3.56. The van der Waals surface area contributed by atoms with Gasteiger partial charge in [-0.2, -0.15) is 5.26 Å². The van der Waals surface area contributed by atoms with Gasteiger partial charge in [0, 0.05) is 26.3 Å². The second kappa shape index (κ2) is 7.78. The highest BCUT2D eigenvalue weighted by molar-refractivity contribution is 9.10. The number of nitrogens with one attached hydrogen (secondary N) is 1. The number of nitrogens with zero attached hydrogens (tertiary/aromatic N) is 1. The van der Waals surface area contributed by atoms with Crippen LogP contribution >= 0.6 is 15.9 Å². The lowest BCUT2D eigenvalue weighted by molar-refractivity contribution is -0.139. The fourth-order valence-electron chi connectivity index (χ4n) is 4.37. The van der Waals surface area contributed by atoms with E-state index in [1.165, 1.54) is 0 Å². The fraction of sp³-hybridized carbons (Fsp3) is 0.250. The summed E-state index contributed by atoms with van der Waals surface area (Å²) in [4.78, 5) is 16.4. The fourth-order valence-corrected chi connectivity index (χ4v) is 4.73. The molecule has 0 radical (unpaired) electrons. The van der Waals surface area contributed by atoms with E-state index in [1.54, 1.807) is 13.8 Å². The Morgan fingerprint density at radius 2 is 2.06 bits per heavy atom. The second-order valence-corrected chi connectivity index (χ2v) is 8.50. The molecule has 3 N–H and O–H groups in total. The lowest BCUT2D eigenvalue weighted by atomic mass is 9.79. The molecule has 0 saturated heterocycles. The maximum Gasteiger partial charge on any atom is 0.338 e. The number of carbonyl (C=O) groups is 1. The van der Waals surface area contributed by atoms with E-state index < -0.39 is 11.9 Å². The topological polar surface area (TPSA) is 101 Å². The molecule has 1 aliphatic heterocycles. The van der Waals surface area contributed by atoms with E-state index in [0.717, 1.165) is 43.0 Å². The van der Waals surface area contributed by atoms with Gasteiger partial charge in [0.15, 0.2) is 0 Å². The molecule has 7 heteroatoms. The number of H-pyrrole nitrogens is 1. The molecule has 0 spiro atoms. The standard InChI is InChI=1S/C24H22BrN3O3/c1-5-30-24(29)20-13(4)31-23(27)17(10-26)21(20)15-8-11(2)22-19(12(15)3)16-9-14(25)6-7-18(16)28-22/h6-9,21,28H,5,27H2,1-4H3. The molecule has 2 heterocycles. The number of esters is 1. The Labute approximate surface area is 188 Å². The minimum atomic E-state index is -0.669. The number of nitriles is 1. The summed E-state index contributed by atoms with van der Waals surface area (Å²) < 4.78 is 11.8. The monoisotopic (exact) mass is 479 g/mol. The van der Waals surface area contributed by atoms with E-state index in [0.29, 0.717) is 11.3 Å². The average Bonchev–Trinajstić information content (AvgIpc) is 3.10. The number of carbonyl (C=O) groups excluding carboxylic acids is 1. The molecule has 2 aromatic carbocycles. The summed E-state index contributed by atoms with van der Waals surface area (Å²) in [5.74, 6) is -0.822. The molecular formula is C24H22BrN3O3. The first-order valence-corrected chi connectivity index (χ1v) is 10.7. The summed E-state index contributed by atoms with van der Waals surface area (Å²) in [5, 5.41) is 12.0. The third-order valence-corrected chi connectivity index (χ3v) is 6.24. The van der Waals surface area contributed by atoms with Gasteiger partial charge < -0.3 is 20.2 Å². The summed E-state index contributed by atoms with van der Waals surface area (Å²) in [6.45, 7) is 7.65. The van der Waals surface area contributed by atoms with E-state index in [4.69, 9.17) is 15.2 Å². The van der Waals surface area contributed by atoms with E-state index in [1.807, 2.05) is 32.0 Å². The molecule has 0 aliphatic carbocycles. The van der Waals surface area contributed by atoms with Crippen molar-refractivity contribution in [1.82, 2.24) is 4.98 Å². The number of halogens is 1. The van der Waals surface area contributed by atoms with Gasteiger partial charge in [-0.3, -0.25) is 0 Å². The number of aryl methyl sites for hydroxylation is 2. The molecule has 158 valence electrons. The summed E-state index contributed by atoms with van der Waals surface area (Å²) in [5.41, 5.74) is 11.4. The minimum absolute atomic E-state index is 0.0110. The van der Waals surface area contributed by atoms with Gasteiger partial charge in [-0.1, -0.05) is 22.0 Å². The summed E-state index contributed by atoms with van der Waals surface area (Å²) in [6.07, 6.45) is 0. The number of aromatic amines is 1. The lowest BCUT2D eigenvalue weighted by Crippen LogP contribution is -2.26. The largest absolute Gasteiger partial charge is 0.463 e. The van der Waals surface area contributed by atoms with Crippen LogP contribution in [-0.2, 0) is 14.3 Å². The number of allylic oxidation sites excluding steroid dienone is 2. The van der Waals surface area contributed by atoms with E-state index in [-0.39, 0.29) is 18.1 Å². The second-order valence-electron chi connectivity index (χ2n) is 7.59. The van der Waals surface area contributed by atoms with Crippen molar-refractivity contribution < 1.29 is 14.3 Å². The van der Waals surface area contributed by atoms with Crippen LogP contribution in [0.15, 0.2) is 51.5 Å². The first kappa shape index (κ1) is 21.0. The Bertz CT molecular complexity index is 1360. The van der Waals surface area contributed by atoms with Crippen LogP contribution in [0.3, 0.4) is 0 Å². The van der Waals surface area contributed by atoms with E-state index in [2.05, 4.69) is 33.0 Å². The molecule has 4 rings (SSSR count). The van der Waals surface area contributed by atoms with Crippen molar-refractivity contribution in [2.24, 2.45) is 5.73 Å². The van der Waals surface area contributed by atoms with E-state index in [9.17, 15) is 10.1 Å². The summed E-state index contributed by atoms with van der Waals surface area (Å²) in [6, 6.07) is 10.2. The SMILES string of the molecule is CCOC(=O)C1=C(C)OC(N)=C(C#N)C1c1cc(C)c2[nH]c3ccc(Br)cc3c2c1C. The molecule has 6 nitrogen and oxygen atoms in total. The van der Waals surface area contributed by atoms with Crippen molar-refractivity contribution in [3.8, 4) is 6.07 Å². The number of hydrogen-bond acceptors (Lipinski definition) is 5. The lowest BCUT2D eigenvalue weighted by Gasteiger charge is -2.28. The van der Waals surface area contributed by atoms with Crippen molar-refractivity contribution in [2.75, 3.05) is 6.61 Å². The van der Waals surface area contributed by atoms with Crippen LogP contribution in [0.2, 0.25) is 0 Å². The minimum Gasteiger partial charge on any atom is -0.463 e. The third-order valence-electron chi connectivity index (χ3n) is 5.75. The Morgan fingerprint density at radius 1 is 1.32 bits per heavy atom. The normalized spacial score (nSPS) is 16.6. The van der Waals surface area contributed by atoms with Crippen LogP contribution < -0.4 is 5.73 Å². The highest BCUT2D eigenvalue weighted by atomic mass is 79.9. The van der Waals surface area contributed by atoms with Gasteiger partial charge >= 0.3 is 5.97 Å². The Kier molecular flexibility index (Phi) is 5.28. The molecule has 1 atom stereocenters. The van der Waals surface area contributed by atoms with Crippen molar-refractivity contribution in [3.63, 3.8) is 0 Å². The van der Waals surface area contributed by atoms with Gasteiger partial charge in [-0.15, -0.1) is 0 Å². The highest BCUT2D eigenvalue weighted by Gasteiger charge is 2.37. The molecule has 0 saturated carbocycles. The van der Waals surface area contributed by atoms with Gasteiger partial charge in [-0.25, -0.2) is 4.79 Å². The molecule has 1 aromatic heterocycles. The van der Waals surface area contributed by atoms with Crippen molar-refractivity contribution in [2.45, 2.75) is 33.6 Å². The Hall–Kier alpha value is -3.24. The predicted octanol–water partition coefficient (Wildman–Crippen LogP) is 5.35. The van der Waals surface area contributed by atoms with Gasteiger partial charge in [0.05, 0.1) is 18.1 Å². The summed E-state index contributed by atoms with van der Waals surface area (Å²) in [7, 11) is 0. The first-order valence-electron chi connectivity index (χ1n) is 9.94. The number of nitrogens with two attached hydrogens (primary N) is 1. The van der Waals surface area contributed by atoms with Crippen molar-refractivity contribution in [3.05, 3.63) is 68.2 Å². The quantitative estimate of drug-likeness (QED) is 0.493. The predicted molar refractivity (Wildman–Crippen MR) is 123 cm³/mol. The average molecular weight is 480 g/mol. The first-order chi connectivity index (χ1) is 14.8. The molecule has 0 bridgehead atoms. The van der Waals surface area contributed by atoms with E-state index >= 15 is 0 Å². The number of rotatable bonds is 3. The Morgan fingerprint density at radius 3 is 2.74 bits per heavy atom. The molecule has 31 heavy (non-hydrogen) atoms. The molecule has 1 aliphatic rings. The van der Waals surface area contributed by atoms with Gasteiger partial charge in [0.25, 0.3) is 0 Å². The Balaban J connectivity index is 2.07. The molecule has 0 amide bonds. The maximum atomic E-state index is 12.9. The van der Waals surface area contributed by atoms with Gasteiger partial charge in [0.2, 0.25) is 5.88 Å². The van der Waals surface area contributed by atoms with Gasteiger partial charge in [-0.05, 0) is 62.6 Å². The zero-order valence-corrected chi connectivity index (χ0v) is 19.3. The number of fused-ring (bicyclic) bond motifs is 3. The maximum absolute atomic E-state index is 12.9. The molecule has 3 aromatic rings. The van der Waals surface area contributed by atoms with Crippen molar-refractivity contribution in [1.29, 1.82) is 5.26 Å². The third kappa shape index (κ3) is 3.28. The number of ether oxygens (including phenoxy) is 2. The smallest absolute Gasteiger partial charge is 0.338 e. The number of hydrogen-bond donors (Lipinski definition) is 2. The van der Waals surface area contributed by atoms with Crippen LogP contribution in [0.5, 0.6) is 0 Å². The zero-order valence-electron chi connectivity index (χ0n) is 17.7. The molecular weight excluding hydrogens is 458 g/mol. The van der Waals surface area contributed by atoms with Crippen LogP contribution in [0.25, 0.3) is 21.8 Å². The zero-order chi connectivity index (χ0) is 22.4. The van der Waals surface area contributed by atoms with Gasteiger partial charge in [0.1, 0.15) is 17.4 Å². The number of aromatic nitrogens is 1. The molecule has 0 fully saturated rings. The van der Waals surface area contributed by atoms with Crippen LogP contribution in [0.1, 0.15) is 36.5 Å². The number of benzene rings is 2. The van der Waals surface area contributed by atoms with Crippen LogP contribution in [0.4, 0.5) is 0 Å².